The van der Waals surface area contributed by atoms with Crippen LogP contribution in [0.15, 0.2) is 18.2 Å². The van der Waals surface area contributed by atoms with E-state index in [2.05, 4.69) is 18.3 Å². The highest BCUT2D eigenvalue weighted by Gasteiger charge is 2.33. The SMILES string of the molecule is CCc1cc(C2(O)CCNC2)ccc1OC. The molecule has 2 rings (SSSR count). The fourth-order valence-electron chi connectivity index (χ4n) is 2.27. The Morgan fingerprint density at radius 1 is 1.50 bits per heavy atom. The fraction of sp³-hybridized carbons (Fsp3) is 0.538. The van der Waals surface area contributed by atoms with E-state index in [-0.39, 0.29) is 0 Å². The van der Waals surface area contributed by atoms with E-state index >= 15 is 0 Å². The summed E-state index contributed by atoms with van der Waals surface area (Å²) in [7, 11) is 1.68. The molecule has 0 amide bonds. The largest absolute Gasteiger partial charge is 0.496 e. The number of rotatable bonds is 3. The van der Waals surface area contributed by atoms with Crippen LogP contribution in [0.5, 0.6) is 5.75 Å². The van der Waals surface area contributed by atoms with Gasteiger partial charge in [0.15, 0.2) is 0 Å². The van der Waals surface area contributed by atoms with Gasteiger partial charge in [0.05, 0.1) is 7.11 Å². The molecule has 0 bridgehead atoms. The lowest BCUT2D eigenvalue weighted by Crippen LogP contribution is -2.28. The molecule has 0 saturated carbocycles. The predicted molar refractivity (Wildman–Crippen MR) is 63.8 cm³/mol. The summed E-state index contributed by atoms with van der Waals surface area (Å²) in [5.41, 5.74) is 1.45. The number of benzene rings is 1. The number of hydrogen-bond donors (Lipinski definition) is 2. The topological polar surface area (TPSA) is 41.5 Å². The maximum atomic E-state index is 10.4. The van der Waals surface area contributed by atoms with Crippen LogP contribution in [0, 0.1) is 0 Å². The van der Waals surface area contributed by atoms with E-state index in [0.29, 0.717) is 6.54 Å². The van der Waals surface area contributed by atoms with Crippen molar-refractivity contribution in [2.45, 2.75) is 25.4 Å². The number of hydrogen-bond acceptors (Lipinski definition) is 3. The molecular weight excluding hydrogens is 202 g/mol. The zero-order chi connectivity index (χ0) is 11.6. The molecule has 1 saturated heterocycles. The first kappa shape index (κ1) is 11.4. The summed E-state index contributed by atoms with van der Waals surface area (Å²) < 4.78 is 5.29. The van der Waals surface area contributed by atoms with Gasteiger partial charge >= 0.3 is 0 Å². The standard InChI is InChI=1S/C13H19NO2/c1-3-10-8-11(4-5-12(10)16-2)13(15)6-7-14-9-13/h4-5,8,14-15H,3,6-7,9H2,1-2H3. The molecular formula is C13H19NO2. The van der Waals surface area contributed by atoms with Crippen LogP contribution in [0.25, 0.3) is 0 Å². The summed E-state index contributed by atoms with van der Waals surface area (Å²) in [6.45, 7) is 3.62. The predicted octanol–water partition coefficient (Wildman–Crippen LogP) is 1.44. The Bertz CT molecular complexity index is 370. The number of aryl methyl sites for hydroxylation is 1. The first-order valence-electron chi connectivity index (χ1n) is 5.80. The average Bonchev–Trinajstić information content (AvgIpc) is 2.76. The van der Waals surface area contributed by atoms with E-state index in [4.69, 9.17) is 4.74 Å². The monoisotopic (exact) mass is 221 g/mol. The Labute approximate surface area is 96.4 Å². The lowest BCUT2D eigenvalue weighted by molar-refractivity contribution is 0.0586. The summed E-state index contributed by atoms with van der Waals surface area (Å²) in [6, 6.07) is 5.97. The van der Waals surface area contributed by atoms with Crippen LogP contribution in [0.4, 0.5) is 0 Å². The number of β-amino-alcohol motifs (C(OH)–C–C–N with tert-alkyl or cyclic N) is 1. The molecule has 2 N–H and O–H groups in total. The molecule has 1 aromatic carbocycles. The Balaban J connectivity index is 2.35. The van der Waals surface area contributed by atoms with Crippen molar-refractivity contribution >= 4 is 0 Å². The second kappa shape index (κ2) is 4.44. The van der Waals surface area contributed by atoms with Crippen molar-refractivity contribution in [1.82, 2.24) is 5.32 Å². The highest BCUT2D eigenvalue weighted by molar-refractivity contribution is 5.40. The van der Waals surface area contributed by atoms with Gasteiger partial charge in [-0.3, -0.25) is 0 Å². The number of nitrogens with one attached hydrogen (secondary N) is 1. The second-order valence-electron chi connectivity index (χ2n) is 4.34. The number of aliphatic hydroxyl groups is 1. The minimum atomic E-state index is -0.698. The van der Waals surface area contributed by atoms with Crippen LogP contribution < -0.4 is 10.1 Å². The first-order chi connectivity index (χ1) is 7.69. The van der Waals surface area contributed by atoms with Crippen molar-refractivity contribution in [3.63, 3.8) is 0 Å². The molecule has 0 radical (unpaired) electrons. The van der Waals surface area contributed by atoms with E-state index in [1.165, 1.54) is 0 Å². The zero-order valence-electron chi connectivity index (χ0n) is 9.92. The highest BCUT2D eigenvalue weighted by atomic mass is 16.5. The van der Waals surface area contributed by atoms with Crippen molar-refractivity contribution in [2.75, 3.05) is 20.2 Å². The molecule has 1 heterocycles. The lowest BCUT2D eigenvalue weighted by atomic mass is 9.91. The van der Waals surface area contributed by atoms with Crippen LogP contribution in [0.2, 0.25) is 0 Å². The fourth-order valence-corrected chi connectivity index (χ4v) is 2.27. The Hall–Kier alpha value is -1.06. The second-order valence-corrected chi connectivity index (χ2v) is 4.34. The van der Waals surface area contributed by atoms with Gasteiger partial charge in [0.1, 0.15) is 11.4 Å². The van der Waals surface area contributed by atoms with Crippen molar-refractivity contribution < 1.29 is 9.84 Å². The molecule has 1 aliphatic rings. The van der Waals surface area contributed by atoms with E-state index in [9.17, 15) is 5.11 Å². The van der Waals surface area contributed by atoms with Gasteiger partial charge in [-0.25, -0.2) is 0 Å². The normalized spacial score (nSPS) is 24.7. The van der Waals surface area contributed by atoms with Crippen LogP contribution in [0.3, 0.4) is 0 Å². The molecule has 0 aliphatic carbocycles. The molecule has 1 aromatic rings. The summed E-state index contributed by atoms with van der Waals surface area (Å²) in [6.07, 6.45) is 1.70. The Morgan fingerprint density at radius 3 is 2.88 bits per heavy atom. The van der Waals surface area contributed by atoms with E-state index < -0.39 is 5.60 Å². The molecule has 0 spiro atoms. The molecule has 0 aromatic heterocycles. The quantitative estimate of drug-likeness (QED) is 0.811. The van der Waals surface area contributed by atoms with Crippen LogP contribution in [-0.4, -0.2) is 25.3 Å². The summed E-state index contributed by atoms with van der Waals surface area (Å²) >= 11 is 0. The molecule has 1 unspecified atom stereocenters. The summed E-state index contributed by atoms with van der Waals surface area (Å²) in [5, 5.41) is 13.6. The molecule has 16 heavy (non-hydrogen) atoms. The van der Waals surface area contributed by atoms with Crippen molar-refractivity contribution in [3.8, 4) is 5.75 Å². The van der Waals surface area contributed by atoms with Crippen LogP contribution in [-0.2, 0) is 12.0 Å². The minimum Gasteiger partial charge on any atom is -0.496 e. The van der Waals surface area contributed by atoms with Gasteiger partial charge in [0.2, 0.25) is 0 Å². The van der Waals surface area contributed by atoms with Crippen LogP contribution >= 0.6 is 0 Å². The molecule has 3 heteroatoms. The molecule has 88 valence electrons. The summed E-state index contributed by atoms with van der Waals surface area (Å²) in [4.78, 5) is 0. The van der Waals surface area contributed by atoms with Gasteiger partial charge in [-0.2, -0.15) is 0 Å². The number of methoxy groups -OCH3 is 1. The third-order valence-corrected chi connectivity index (χ3v) is 3.33. The van der Waals surface area contributed by atoms with Gasteiger partial charge in [-0.05, 0) is 42.6 Å². The van der Waals surface area contributed by atoms with E-state index in [1.807, 2.05) is 12.1 Å². The average molecular weight is 221 g/mol. The highest BCUT2D eigenvalue weighted by Crippen LogP contribution is 2.31. The van der Waals surface area contributed by atoms with Crippen molar-refractivity contribution in [1.29, 1.82) is 0 Å². The first-order valence-corrected chi connectivity index (χ1v) is 5.80. The lowest BCUT2D eigenvalue weighted by Gasteiger charge is -2.23. The van der Waals surface area contributed by atoms with Gasteiger partial charge < -0.3 is 15.2 Å². The molecule has 1 fully saturated rings. The molecule has 3 nitrogen and oxygen atoms in total. The summed E-state index contributed by atoms with van der Waals surface area (Å²) in [5.74, 6) is 0.904. The van der Waals surface area contributed by atoms with Crippen LogP contribution in [0.1, 0.15) is 24.5 Å². The van der Waals surface area contributed by atoms with Gasteiger partial charge in [0, 0.05) is 6.54 Å². The van der Waals surface area contributed by atoms with E-state index in [1.54, 1.807) is 7.11 Å². The van der Waals surface area contributed by atoms with E-state index in [0.717, 1.165) is 36.3 Å². The molecule has 1 atom stereocenters. The maximum Gasteiger partial charge on any atom is 0.122 e. The van der Waals surface area contributed by atoms with Gasteiger partial charge in [-0.1, -0.05) is 13.0 Å². The molecule has 1 aliphatic heterocycles. The van der Waals surface area contributed by atoms with Gasteiger partial charge in [-0.15, -0.1) is 0 Å². The maximum absolute atomic E-state index is 10.4. The Kier molecular flexibility index (Phi) is 3.17. The minimum absolute atomic E-state index is 0.641. The third-order valence-electron chi connectivity index (χ3n) is 3.33. The smallest absolute Gasteiger partial charge is 0.122 e. The zero-order valence-corrected chi connectivity index (χ0v) is 9.92. The van der Waals surface area contributed by atoms with Crippen molar-refractivity contribution in [2.24, 2.45) is 0 Å². The third kappa shape index (κ3) is 1.93. The Morgan fingerprint density at radius 2 is 2.31 bits per heavy atom. The number of ether oxygens (including phenoxy) is 1. The van der Waals surface area contributed by atoms with Gasteiger partial charge in [0.25, 0.3) is 0 Å². The van der Waals surface area contributed by atoms with Crippen molar-refractivity contribution in [3.05, 3.63) is 29.3 Å².